The second-order valence-corrected chi connectivity index (χ2v) is 9.02. The van der Waals surface area contributed by atoms with E-state index in [9.17, 15) is 18.0 Å². The maximum absolute atomic E-state index is 13.2. The molecule has 0 spiro atoms. The minimum absolute atomic E-state index is 0.000739. The van der Waals surface area contributed by atoms with E-state index in [0.29, 0.717) is 39.5 Å². The van der Waals surface area contributed by atoms with Crippen LogP contribution in [0.25, 0.3) is 17.0 Å². The van der Waals surface area contributed by atoms with E-state index in [1.165, 1.54) is 22.7 Å². The van der Waals surface area contributed by atoms with Gasteiger partial charge >= 0.3 is 6.36 Å². The third-order valence-electron chi connectivity index (χ3n) is 5.89. The molecule has 2 aromatic heterocycles. The van der Waals surface area contributed by atoms with Crippen molar-refractivity contribution >= 4 is 22.8 Å². The van der Waals surface area contributed by atoms with E-state index in [1.807, 2.05) is 0 Å². The Balaban J connectivity index is 1.37. The van der Waals surface area contributed by atoms with Gasteiger partial charge in [0.1, 0.15) is 23.8 Å². The number of ketones is 1. The number of halogens is 3. The first-order chi connectivity index (χ1) is 18.0. The highest BCUT2D eigenvalue weighted by Gasteiger charge is 2.42. The average molecular weight is 519 g/mol. The van der Waals surface area contributed by atoms with Crippen molar-refractivity contribution in [1.82, 2.24) is 9.38 Å². The Hall–Kier alpha value is -4.78. The molecular formula is C28H20F3N3O4. The summed E-state index contributed by atoms with van der Waals surface area (Å²) >= 11 is 0. The number of imidazole rings is 1. The molecule has 2 aromatic carbocycles. The highest BCUT2D eigenvalue weighted by Crippen LogP contribution is 2.41. The SMILES string of the molecule is CC1(C)OC(c2ccc(C#N)cc2)=C(c2ccc(OCc3cn4c(OC(F)(F)F)cccc4n3)cc2)C1=O. The zero-order valence-corrected chi connectivity index (χ0v) is 20.2. The minimum atomic E-state index is -4.83. The molecule has 38 heavy (non-hydrogen) atoms. The summed E-state index contributed by atoms with van der Waals surface area (Å²) in [5.41, 5.74) is 1.86. The zero-order valence-electron chi connectivity index (χ0n) is 20.2. The fourth-order valence-corrected chi connectivity index (χ4v) is 4.10. The first kappa shape index (κ1) is 24.9. The normalized spacial score (nSPS) is 14.9. The molecule has 1 aliphatic heterocycles. The Morgan fingerprint density at radius 3 is 2.37 bits per heavy atom. The second kappa shape index (κ2) is 9.27. The number of benzene rings is 2. The molecule has 0 radical (unpaired) electrons. The minimum Gasteiger partial charge on any atom is -0.487 e. The molecule has 0 aliphatic carbocycles. The maximum atomic E-state index is 13.2. The molecular weight excluding hydrogens is 499 g/mol. The lowest BCUT2D eigenvalue weighted by atomic mass is 9.92. The number of alkyl halides is 3. The molecule has 0 bridgehead atoms. The number of nitriles is 1. The molecule has 0 N–H and O–H groups in total. The topological polar surface area (TPSA) is 85.8 Å². The lowest BCUT2D eigenvalue weighted by Gasteiger charge is -2.17. The molecule has 192 valence electrons. The Morgan fingerprint density at radius 1 is 1.03 bits per heavy atom. The van der Waals surface area contributed by atoms with Gasteiger partial charge in [0.15, 0.2) is 5.60 Å². The van der Waals surface area contributed by atoms with Gasteiger partial charge in [-0.2, -0.15) is 5.26 Å². The highest BCUT2D eigenvalue weighted by atomic mass is 19.4. The van der Waals surface area contributed by atoms with Gasteiger partial charge in [0, 0.05) is 11.8 Å². The van der Waals surface area contributed by atoms with Crippen LogP contribution in [0.5, 0.6) is 11.6 Å². The third kappa shape index (κ3) is 4.91. The van der Waals surface area contributed by atoms with Gasteiger partial charge in [-0.05, 0) is 67.9 Å². The molecule has 0 saturated heterocycles. The van der Waals surface area contributed by atoms with E-state index in [-0.39, 0.29) is 18.0 Å². The standard InChI is InChI=1S/C28H20F3N3O4/c1-27(2)26(35)24(25(38-27)19-8-6-17(14-32)7-9-19)18-10-12-21(13-11-18)36-16-20-15-34-22(33-20)4-3-5-23(34)37-28(29,30)31/h3-13,15H,16H2,1-2H3. The van der Waals surface area contributed by atoms with Crippen molar-refractivity contribution in [2.75, 3.05) is 0 Å². The Morgan fingerprint density at radius 2 is 1.71 bits per heavy atom. The largest absolute Gasteiger partial charge is 0.574 e. The molecule has 1 aliphatic rings. The van der Waals surface area contributed by atoms with Gasteiger partial charge < -0.3 is 14.2 Å². The summed E-state index contributed by atoms with van der Waals surface area (Å²) < 4.78 is 55.1. The van der Waals surface area contributed by atoms with E-state index in [0.717, 1.165) is 0 Å². The second-order valence-electron chi connectivity index (χ2n) is 9.02. The summed E-state index contributed by atoms with van der Waals surface area (Å²) in [5.74, 6) is 0.325. The molecule has 0 fully saturated rings. The van der Waals surface area contributed by atoms with E-state index in [2.05, 4.69) is 15.8 Å². The molecule has 5 rings (SSSR count). The number of ether oxygens (including phenoxy) is 3. The first-order valence-electron chi connectivity index (χ1n) is 11.5. The van der Waals surface area contributed by atoms with E-state index >= 15 is 0 Å². The quantitative estimate of drug-likeness (QED) is 0.314. The van der Waals surface area contributed by atoms with Gasteiger partial charge in [-0.3, -0.25) is 9.20 Å². The predicted molar refractivity (Wildman–Crippen MR) is 131 cm³/mol. The van der Waals surface area contributed by atoms with Crippen LogP contribution in [0.2, 0.25) is 0 Å². The Kier molecular flexibility index (Phi) is 6.07. The van der Waals surface area contributed by atoms with Crippen molar-refractivity contribution in [1.29, 1.82) is 5.26 Å². The van der Waals surface area contributed by atoms with Crippen molar-refractivity contribution in [3.8, 4) is 17.7 Å². The fraction of sp³-hybridized carbons (Fsp3) is 0.179. The van der Waals surface area contributed by atoms with Crippen molar-refractivity contribution in [2.45, 2.75) is 32.4 Å². The first-order valence-corrected chi connectivity index (χ1v) is 11.5. The van der Waals surface area contributed by atoms with Crippen molar-refractivity contribution in [2.24, 2.45) is 0 Å². The molecule has 0 unspecified atom stereocenters. The van der Waals surface area contributed by atoms with Gasteiger partial charge in [-0.15, -0.1) is 13.2 Å². The number of pyridine rings is 1. The fourth-order valence-electron chi connectivity index (χ4n) is 4.10. The summed E-state index contributed by atoms with van der Waals surface area (Å²) in [6.45, 7) is 3.40. The Bertz CT molecular complexity index is 1600. The van der Waals surface area contributed by atoms with Crippen LogP contribution in [0.4, 0.5) is 13.2 Å². The van der Waals surface area contributed by atoms with Crippen LogP contribution >= 0.6 is 0 Å². The number of Topliss-reactive ketones (excluding diaryl/α,β-unsaturated/α-hetero) is 1. The molecule has 7 nitrogen and oxygen atoms in total. The Labute approximate surface area is 215 Å². The number of rotatable bonds is 6. The zero-order chi connectivity index (χ0) is 27.1. The van der Waals surface area contributed by atoms with Gasteiger partial charge in [-0.25, -0.2) is 4.98 Å². The smallest absolute Gasteiger partial charge is 0.487 e. The molecule has 0 atom stereocenters. The molecule has 4 aromatic rings. The molecule has 0 saturated carbocycles. The summed E-state index contributed by atoms with van der Waals surface area (Å²) in [6, 6.07) is 19.9. The predicted octanol–water partition coefficient (Wildman–Crippen LogP) is 5.93. The van der Waals surface area contributed by atoms with Crippen molar-refractivity contribution < 1.29 is 32.2 Å². The van der Waals surface area contributed by atoms with Crippen molar-refractivity contribution in [3.05, 3.63) is 95.3 Å². The number of carbonyl (C=O) groups is 1. The van der Waals surface area contributed by atoms with Crippen LogP contribution in [0.1, 0.15) is 36.2 Å². The van der Waals surface area contributed by atoms with Crippen molar-refractivity contribution in [3.63, 3.8) is 0 Å². The van der Waals surface area contributed by atoms with E-state index in [1.54, 1.807) is 68.4 Å². The van der Waals surface area contributed by atoms with Crippen LogP contribution in [-0.4, -0.2) is 27.1 Å². The van der Waals surface area contributed by atoms with Crippen LogP contribution in [0.3, 0.4) is 0 Å². The maximum Gasteiger partial charge on any atom is 0.574 e. The average Bonchev–Trinajstić information content (AvgIpc) is 3.41. The number of fused-ring (bicyclic) bond motifs is 1. The van der Waals surface area contributed by atoms with Gasteiger partial charge in [0.05, 0.1) is 22.9 Å². The molecule has 0 amide bonds. The van der Waals surface area contributed by atoms with Gasteiger partial charge in [0.2, 0.25) is 11.7 Å². The summed E-state index contributed by atoms with van der Waals surface area (Å²) in [4.78, 5) is 17.5. The lowest BCUT2D eigenvalue weighted by molar-refractivity contribution is -0.276. The van der Waals surface area contributed by atoms with Crippen LogP contribution in [-0.2, 0) is 16.1 Å². The number of hydrogen-bond donors (Lipinski definition) is 0. The molecule has 10 heteroatoms. The van der Waals surface area contributed by atoms with E-state index in [4.69, 9.17) is 14.7 Å². The van der Waals surface area contributed by atoms with Crippen LogP contribution in [0.15, 0.2) is 72.9 Å². The number of hydrogen-bond acceptors (Lipinski definition) is 6. The summed E-state index contributed by atoms with van der Waals surface area (Å²) in [7, 11) is 0. The number of nitrogens with zero attached hydrogens (tertiary/aromatic N) is 3. The third-order valence-corrected chi connectivity index (χ3v) is 5.89. The van der Waals surface area contributed by atoms with Gasteiger partial charge in [0.25, 0.3) is 0 Å². The monoisotopic (exact) mass is 519 g/mol. The number of carbonyl (C=O) groups excluding carboxylic acids is 1. The molecule has 3 heterocycles. The van der Waals surface area contributed by atoms with Crippen LogP contribution < -0.4 is 9.47 Å². The van der Waals surface area contributed by atoms with E-state index < -0.39 is 17.8 Å². The number of aromatic nitrogens is 2. The lowest BCUT2D eigenvalue weighted by Crippen LogP contribution is -2.29. The summed E-state index contributed by atoms with van der Waals surface area (Å²) in [5, 5.41) is 9.07. The summed E-state index contributed by atoms with van der Waals surface area (Å²) in [6.07, 6.45) is -3.41. The van der Waals surface area contributed by atoms with Gasteiger partial charge in [-0.1, -0.05) is 18.2 Å². The highest BCUT2D eigenvalue weighted by molar-refractivity contribution is 6.32. The van der Waals surface area contributed by atoms with Crippen LogP contribution in [0, 0.1) is 11.3 Å².